The van der Waals surface area contributed by atoms with Crippen LogP contribution in [0.25, 0.3) is 0 Å². The number of allylic oxidation sites excluding steroid dienone is 1. The Balaban J connectivity index is 2.18. The molecule has 0 fully saturated rings. The van der Waals surface area contributed by atoms with E-state index in [0.717, 1.165) is 31.6 Å². The smallest absolute Gasteiger partial charge is 0.145 e. The van der Waals surface area contributed by atoms with Crippen molar-refractivity contribution < 1.29 is 4.74 Å². The molecule has 1 heterocycles. The second-order valence-electron chi connectivity index (χ2n) is 4.85. The topological polar surface area (TPSA) is 72.1 Å². The Labute approximate surface area is 125 Å². The van der Waals surface area contributed by atoms with Crippen molar-refractivity contribution in [3.05, 3.63) is 35.5 Å². The zero-order valence-corrected chi connectivity index (χ0v) is 12.1. The summed E-state index contributed by atoms with van der Waals surface area (Å²) in [6.45, 7) is 2.59. The Morgan fingerprint density at radius 3 is 2.95 bits per heavy atom. The van der Waals surface area contributed by atoms with Crippen LogP contribution in [0.5, 0.6) is 0 Å². The van der Waals surface area contributed by atoms with Crippen LogP contribution < -0.4 is 10.2 Å². The number of rotatable bonds is 5. The minimum Gasteiger partial charge on any atom is -0.383 e. The fourth-order valence-corrected chi connectivity index (χ4v) is 2.42. The molecule has 0 aromatic heterocycles. The Kier molecular flexibility index (Phi) is 5.20. The van der Waals surface area contributed by atoms with Gasteiger partial charge in [0.25, 0.3) is 0 Å². The second kappa shape index (κ2) is 7.33. The van der Waals surface area contributed by atoms with E-state index in [1.807, 2.05) is 18.2 Å². The van der Waals surface area contributed by atoms with Gasteiger partial charge < -0.3 is 15.0 Å². The van der Waals surface area contributed by atoms with Crippen molar-refractivity contribution in [1.82, 2.24) is 0 Å². The van der Waals surface area contributed by atoms with Crippen LogP contribution in [-0.4, -0.2) is 26.8 Å². The fraction of sp³-hybridized carbons (Fsp3) is 0.375. The Morgan fingerprint density at radius 1 is 1.43 bits per heavy atom. The molecule has 108 valence electrons. The maximum Gasteiger partial charge on any atom is 0.145 e. The first-order valence-electron chi connectivity index (χ1n) is 6.92. The summed E-state index contributed by atoms with van der Waals surface area (Å²) in [4.78, 5) is 2.31. The van der Waals surface area contributed by atoms with Crippen molar-refractivity contribution in [2.24, 2.45) is 0 Å². The van der Waals surface area contributed by atoms with E-state index in [0.29, 0.717) is 6.61 Å². The molecule has 0 radical (unpaired) electrons. The van der Waals surface area contributed by atoms with E-state index in [1.54, 1.807) is 7.11 Å². The van der Waals surface area contributed by atoms with Crippen LogP contribution in [-0.2, 0) is 11.2 Å². The highest BCUT2D eigenvalue weighted by molar-refractivity contribution is 5.65. The molecule has 1 N–H and O–H groups in total. The summed E-state index contributed by atoms with van der Waals surface area (Å²) < 4.78 is 5.16. The molecule has 21 heavy (non-hydrogen) atoms. The number of hydrogen-bond donors (Lipinski definition) is 1. The van der Waals surface area contributed by atoms with Crippen molar-refractivity contribution in [3.63, 3.8) is 0 Å². The lowest BCUT2D eigenvalue weighted by Gasteiger charge is -2.31. The summed E-state index contributed by atoms with van der Waals surface area (Å²) in [7, 11) is 1.71. The second-order valence-corrected chi connectivity index (χ2v) is 4.85. The van der Waals surface area contributed by atoms with Crippen LogP contribution in [0.1, 0.15) is 12.0 Å². The molecule has 5 nitrogen and oxygen atoms in total. The maximum atomic E-state index is 8.73. The lowest BCUT2D eigenvalue weighted by molar-refractivity contribution is 0.205. The lowest BCUT2D eigenvalue weighted by atomic mass is 10.0. The van der Waals surface area contributed by atoms with E-state index >= 15 is 0 Å². The zero-order valence-electron chi connectivity index (χ0n) is 12.1. The third-order valence-corrected chi connectivity index (χ3v) is 3.49. The molecule has 0 aliphatic carbocycles. The molecule has 0 saturated carbocycles. The predicted octanol–water partition coefficient (Wildman–Crippen LogP) is 2.43. The highest BCUT2D eigenvalue weighted by Crippen LogP contribution is 2.29. The first kappa shape index (κ1) is 14.9. The number of hydrogen-bond acceptors (Lipinski definition) is 5. The van der Waals surface area contributed by atoms with E-state index in [1.165, 1.54) is 17.5 Å². The molecule has 0 atom stereocenters. The average Bonchev–Trinajstić information content (AvgIpc) is 2.53. The van der Waals surface area contributed by atoms with Gasteiger partial charge in [-0.15, -0.1) is 0 Å². The van der Waals surface area contributed by atoms with Crippen LogP contribution in [0, 0.1) is 22.7 Å². The normalized spacial score (nSPS) is 12.8. The van der Waals surface area contributed by atoms with E-state index < -0.39 is 0 Å². The molecular formula is C16H18N4O. The molecule has 5 heteroatoms. The summed E-state index contributed by atoms with van der Waals surface area (Å²) >= 11 is 0. The molecule has 1 aromatic carbocycles. The van der Waals surface area contributed by atoms with Gasteiger partial charge in [0.2, 0.25) is 0 Å². The van der Waals surface area contributed by atoms with Gasteiger partial charge >= 0.3 is 0 Å². The molecule has 0 unspecified atom stereocenters. The van der Waals surface area contributed by atoms with Crippen LogP contribution in [0.15, 0.2) is 30.0 Å². The molecule has 0 saturated heterocycles. The molecule has 0 amide bonds. The van der Waals surface area contributed by atoms with E-state index in [-0.39, 0.29) is 5.57 Å². The highest BCUT2D eigenvalue weighted by Gasteiger charge is 2.16. The Hall–Kier alpha value is -2.50. The summed E-state index contributed by atoms with van der Waals surface area (Å²) in [5, 5.41) is 20.5. The third kappa shape index (κ3) is 3.75. The van der Waals surface area contributed by atoms with Gasteiger partial charge in [0.15, 0.2) is 0 Å². The van der Waals surface area contributed by atoms with Gasteiger partial charge in [-0.2, -0.15) is 10.5 Å². The number of methoxy groups -OCH3 is 1. The lowest BCUT2D eigenvalue weighted by Crippen LogP contribution is -2.32. The molecule has 0 bridgehead atoms. The maximum absolute atomic E-state index is 8.73. The van der Waals surface area contributed by atoms with Gasteiger partial charge in [0.05, 0.1) is 6.61 Å². The largest absolute Gasteiger partial charge is 0.383 e. The monoisotopic (exact) mass is 282 g/mol. The zero-order chi connectivity index (χ0) is 15.1. The van der Waals surface area contributed by atoms with Crippen LogP contribution in [0.3, 0.4) is 0 Å². The van der Waals surface area contributed by atoms with Crippen LogP contribution >= 0.6 is 0 Å². The van der Waals surface area contributed by atoms with Gasteiger partial charge in [0.1, 0.15) is 17.7 Å². The Morgan fingerprint density at radius 2 is 2.24 bits per heavy atom. The van der Waals surface area contributed by atoms with Crippen LogP contribution in [0.2, 0.25) is 0 Å². The molecule has 1 aromatic rings. The minimum absolute atomic E-state index is 0.0592. The standard InChI is InChI=1S/C16H18N4O/c1-21-8-7-20-6-2-3-14-4-5-15(9-16(14)20)19-12-13(10-17)11-18/h4-5,9,12,19H,2-3,6-8H2,1H3. The average molecular weight is 282 g/mol. The number of anilines is 2. The van der Waals surface area contributed by atoms with Crippen LogP contribution in [0.4, 0.5) is 11.4 Å². The van der Waals surface area contributed by atoms with E-state index in [2.05, 4.69) is 22.3 Å². The molecule has 1 aliphatic heterocycles. The quantitative estimate of drug-likeness (QED) is 0.840. The number of nitriles is 2. The number of nitrogens with zero attached hydrogens (tertiary/aromatic N) is 3. The van der Waals surface area contributed by atoms with Gasteiger partial charge in [-0.3, -0.25) is 0 Å². The predicted molar refractivity (Wildman–Crippen MR) is 81.8 cm³/mol. The summed E-state index contributed by atoms with van der Waals surface area (Å²) in [6, 6.07) is 9.80. The Bertz CT molecular complexity index is 594. The molecule has 1 aliphatic rings. The van der Waals surface area contributed by atoms with Crippen molar-refractivity contribution in [2.75, 3.05) is 37.0 Å². The summed E-state index contributed by atoms with van der Waals surface area (Å²) in [5.74, 6) is 0. The van der Waals surface area contributed by atoms with Gasteiger partial charge in [0, 0.05) is 37.8 Å². The number of benzene rings is 1. The molecular weight excluding hydrogens is 264 g/mol. The third-order valence-electron chi connectivity index (χ3n) is 3.49. The SMILES string of the molecule is COCCN1CCCc2ccc(NC=C(C#N)C#N)cc21. The van der Waals surface area contributed by atoms with Crippen molar-refractivity contribution in [2.45, 2.75) is 12.8 Å². The summed E-state index contributed by atoms with van der Waals surface area (Å²) in [5.41, 5.74) is 3.46. The first-order valence-corrected chi connectivity index (χ1v) is 6.92. The minimum atomic E-state index is 0.0592. The van der Waals surface area contributed by atoms with Gasteiger partial charge in [-0.25, -0.2) is 0 Å². The van der Waals surface area contributed by atoms with E-state index in [9.17, 15) is 0 Å². The van der Waals surface area contributed by atoms with Crippen molar-refractivity contribution in [1.29, 1.82) is 10.5 Å². The number of ether oxygens (including phenoxy) is 1. The van der Waals surface area contributed by atoms with Crippen molar-refractivity contribution >= 4 is 11.4 Å². The summed E-state index contributed by atoms with van der Waals surface area (Å²) in [6.07, 6.45) is 3.66. The number of nitrogens with one attached hydrogen (secondary N) is 1. The number of aryl methyl sites for hydroxylation is 1. The fourth-order valence-electron chi connectivity index (χ4n) is 2.42. The van der Waals surface area contributed by atoms with Gasteiger partial charge in [-0.05, 0) is 30.5 Å². The van der Waals surface area contributed by atoms with E-state index in [4.69, 9.17) is 15.3 Å². The van der Waals surface area contributed by atoms with Crippen molar-refractivity contribution in [3.8, 4) is 12.1 Å². The molecule has 2 rings (SSSR count). The van der Waals surface area contributed by atoms with Gasteiger partial charge in [-0.1, -0.05) is 6.07 Å². The first-order chi connectivity index (χ1) is 10.3. The highest BCUT2D eigenvalue weighted by atomic mass is 16.5. The molecule has 0 spiro atoms. The number of fused-ring (bicyclic) bond motifs is 1.